The maximum atomic E-state index is 12.2. The minimum Gasteiger partial charge on any atom is -0.344 e. The summed E-state index contributed by atoms with van der Waals surface area (Å²) in [6, 6.07) is 0. The molecule has 1 aromatic heterocycles. The van der Waals surface area contributed by atoms with Gasteiger partial charge in [-0.3, -0.25) is 0 Å². The van der Waals surface area contributed by atoms with Crippen LogP contribution in [-0.4, -0.2) is 9.97 Å². The Morgan fingerprint density at radius 1 is 1.67 bits per heavy atom. The zero-order chi connectivity index (χ0) is 6.91. The molecule has 0 aliphatic rings. The minimum absolute atomic E-state index is 0.150. The molecule has 1 rings (SSSR count). The third kappa shape index (κ3) is 1.25. The number of nitrogens with zero attached hydrogens (tertiary/aromatic N) is 1. The van der Waals surface area contributed by atoms with Gasteiger partial charge in [0.15, 0.2) is 0 Å². The largest absolute Gasteiger partial charge is 0.344 e. The molecule has 1 N–H and O–H groups in total. The second-order valence-electron chi connectivity index (χ2n) is 1.85. The second-order valence-corrected chi connectivity index (χ2v) is 1.85. The summed E-state index contributed by atoms with van der Waals surface area (Å²) in [6.45, 7) is 0.820. The van der Waals surface area contributed by atoms with E-state index in [0.29, 0.717) is 0 Å². The number of hydrogen-bond donors (Lipinski definition) is 1. The molecule has 1 aromatic rings. The molecule has 0 amide bonds. The van der Waals surface area contributed by atoms with E-state index in [1.54, 1.807) is 0 Å². The van der Waals surface area contributed by atoms with Gasteiger partial charge in [0.1, 0.15) is 5.69 Å². The van der Waals surface area contributed by atoms with Crippen molar-refractivity contribution in [3.05, 3.63) is 18.2 Å². The predicted molar refractivity (Wildman–Crippen MR) is 28.2 cm³/mol. The zero-order valence-electron chi connectivity index (χ0n) is 4.86. The first kappa shape index (κ1) is 6.19. The number of nitrogens with one attached hydrogen (secondary N) is 1. The molecule has 50 valence electrons. The van der Waals surface area contributed by atoms with E-state index in [-0.39, 0.29) is 5.69 Å². The van der Waals surface area contributed by atoms with Crippen molar-refractivity contribution in [1.82, 2.24) is 9.97 Å². The Labute approximate surface area is 50.9 Å². The Morgan fingerprint density at radius 3 is 2.56 bits per heavy atom. The highest BCUT2D eigenvalue weighted by atomic mass is 19.3. The molecule has 0 fully saturated rings. The predicted octanol–water partition coefficient (Wildman–Crippen LogP) is 1.52. The van der Waals surface area contributed by atoms with Crippen molar-refractivity contribution in [3.63, 3.8) is 0 Å². The van der Waals surface area contributed by atoms with Crippen molar-refractivity contribution in [1.29, 1.82) is 0 Å². The number of aromatic nitrogens is 2. The van der Waals surface area contributed by atoms with Gasteiger partial charge in [-0.2, -0.15) is 8.78 Å². The van der Waals surface area contributed by atoms with Crippen LogP contribution in [0.25, 0.3) is 0 Å². The Hall–Kier alpha value is -0.930. The quantitative estimate of drug-likeness (QED) is 0.616. The Bertz CT molecular complexity index is 175. The lowest BCUT2D eigenvalue weighted by Gasteiger charge is -2.04. The molecule has 0 atom stereocenters. The standard InChI is InChI=1S/C5H6F2N2/c1-5(6,7)4-2-8-3-9-4/h2-3H,1H3,(H,8,9). The van der Waals surface area contributed by atoms with Gasteiger partial charge in [-0.05, 0) is 0 Å². The number of hydrogen-bond acceptors (Lipinski definition) is 1. The summed E-state index contributed by atoms with van der Waals surface area (Å²) in [4.78, 5) is 5.77. The van der Waals surface area contributed by atoms with Gasteiger partial charge >= 0.3 is 0 Å². The highest BCUT2D eigenvalue weighted by Crippen LogP contribution is 2.23. The molecular weight excluding hydrogens is 126 g/mol. The van der Waals surface area contributed by atoms with E-state index < -0.39 is 5.92 Å². The molecule has 4 heteroatoms. The van der Waals surface area contributed by atoms with E-state index in [1.807, 2.05) is 0 Å². The maximum Gasteiger partial charge on any atom is 0.286 e. The summed E-state index contributed by atoms with van der Waals surface area (Å²) in [5, 5.41) is 0. The van der Waals surface area contributed by atoms with E-state index in [0.717, 1.165) is 13.1 Å². The Balaban J connectivity index is 2.90. The first-order chi connectivity index (χ1) is 4.11. The lowest BCUT2D eigenvalue weighted by Crippen LogP contribution is -2.06. The molecule has 0 aliphatic heterocycles. The molecule has 0 spiro atoms. The number of alkyl halides is 2. The normalized spacial score (nSPS) is 11.9. The van der Waals surface area contributed by atoms with E-state index in [4.69, 9.17) is 0 Å². The van der Waals surface area contributed by atoms with Crippen LogP contribution in [0.2, 0.25) is 0 Å². The van der Waals surface area contributed by atoms with E-state index in [2.05, 4.69) is 9.97 Å². The van der Waals surface area contributed by atoms with Gasteiger partial charge in [-0.25, -0.2) is 4.98 Å². The van der Waals surface area contributed by atoms with Crippen molar-refractivity contribution in [3.8, 4) is 0 Å². The Morgan fingerprint density at radius 2 is 2.33 bits per heavy atom. The van der Waals surface area contributed by atoms with E-state index in [1.165, 1.54) is 6.33 Å². The number of H-pyrrole nitrogens is 1. The highest BCUT2D eigenvalue weighted by Gasteiger charge is 2.25. The summed E-state index contributed by atoms with van der Waals surface area (Å²) in [7, 11) is 0. The SMILES string of the molecule is CC(F)(F)c1cnc[nH]1. The minimum atomic E-state index is -2.80. The fourth-order valence-electron chi connectivity index (χ4n) is 0.496. The summed E-state index contributed by atoms with van der Waals surface area (Å²) in [5.41, 5.74) is -0.150. The fraction of sp³-hybridized carbons (Fsp3) is 0.400. The molecule has 0 aliphatic carbocycles. The highest BCUT2D eigenvalue weighted by molar-refractivity contribution is 5.01. The smallest absolute Gasteiger partial charge is 0.286 e. The lowest BCUT2D eigenvalue weighted by molar-refractivity contribution is 0.0132. The van der Waals surface area contributed by atoms with Crippen LogP contribution in [0.5, 0.6) is 0 Å². The van der Waals surface area contributed by atoms with Crippen molar-refractivity contribution >= 4 is 0 Å². The average molecular weight is 132 g/mol. The molecule has 9 heavy (non-hydrogen) atoms. The van der Waals surface area contributed by atoms with Crippen LogP contribution in [0.3, 0.4) is 0 Å². The molecule has 0 bridgehead atoms. The number of halogens is 2. The van der Waals surface area contributed by atoms with Crippen LogP contribution in [0.15, 0.2) is 12.5 Å². The van der Waals surface area contributed by atoms with Gasteiger partial charge in [0, 0.05) is 6.92 Å². The van der Waals surface area contributed by atoms with Gasteiger partial charge in [-0.15, -0.1) is 0 Å². The summed E-state index contributed by atoms with van der Waals surface area (Å²) in [6.07, 6.45) is 2.34. The summed E-state index contributed by atoms with van der Waals surface area (Å²) in [5.74, 6) is -2.80. The number of imidazole rings is 1. The van der Waals surface area contributed by atoms with Crippen molar-refractivity contribution in [2.75, 3.05) is 0 Å². The first-order valence-corrected chi connectivity index (χ1v) is 2.47. The topological polar surface area (TPSA) is 28.7 Å². The van der Waals surface area contributed by atoms with Crippen LogP contribution in [0.1, 0.15) is 12.6 Å². The van der Waals surface area contributed by atoms with Crippen molar-refractivity contribution < 1.29 is 8.78 Å². The number of aromatic amines is 1. The van der Waals surface area contributed by atoms with Gasteiger partial charge in [0.2, 0.25) is 0 Å². The molecule has 0 aromatic carbocycles. The monoisotopic (exact) mass is 132 g/mol. The van der Waals surface area contributed by atoms with Crippen molar-refractivity contribution in [2.24, 2.45) is 0 Å². The fourth-order valence-corrected chi connectivity index (χ4v) is 0.496. The molecule has 0 radical (unpaired) electrons. The van der Waals surface area contributed by atoms with Crippen molar-refractivity contribution in [2.45, 2.75) is 12.8 Å². The maximum absolute atomic E-state index is 12.2. The third-order valence-electron chi connectivity index (χ3n) is 0.971. The first-order valence-electron chi connectivity index (χ1n) is 2.47. The molecular formula is C5H6F2N2. The van der Waals surface area contributed by atoms with Gasteiger partial charge in [0.05, 0.1) is 12.5 Å². The molecule has 2 nitrogen and oxygen atoms in total. The Kier molecular flexibility index (Phi) is 1.23. The van der Waals surface area contributed by atoms with Crippen LogP contribution >= 0.6 is 0 Å². The summed E-state index contributed by atoms with van der Waals surface area (Å²) >= 11 is 0. The molecule has 0 saturated heterocycles. The molecule has 0 unspecified atom stereocenters. The lowest BCUT2D eigenvalue weighted by atomic mass is 10.3. The van der Waals surface area contributed by atoms with Gasteiger partial charge < -0.3 is 4.98 Å². The third-order valence-corrected chi connectivity index (χ3v) is 0.971. The zero-order valence-corrected chi connectivity index (χ0v) is 4.86. The number of rotatable bonds is 1. The summed E-state index contributed by atoms with van der Waals surface area (Å²) < 4.78 is 24.4. The van der Waals surface area contributed by atoms with Crippen LogP contribution in [0, 0.1) is 0 Å². The van der Waals surface area contributed by atoms with Gasteiger partial charge in [0.25, 0.3) is 5.92 Å². The van der Waals surface area contributed by atoms with Crippen LogP contribution in [-0.2, 0) is 5.92 Å². The molecule has 0 saturated carbocycles. The van der Waals surface area contributed by atoms with Gasteiger partial charge in [-0.1, -0.05) is 0 Å². The van der Waals surface area contributed by atoms with Crippen LogP contribution in [0.4, 0.5) is 8.78 Å². The van der Waals surface area contributed by atoms with Crippen LogP contribution < -0.4 is 0 Å². The average Bonchev–Trinajstić information content (AvgIpc) is 2.08. The van der Waals surface area contributed by atoms with E-state index in [9.17, 15) is 8.78 Å². The van der Waals surface area contributed by atoms with E-state index >= 15 is 0 Å². The molecule has 1 heterocycles. The second kappa shape index (κ2) is 1.79.